The zero-order valence-corrected chi connectivity index (χ0v) is 17.4. The molecule has 0 spiro atoms. The Bertz CT molecular complexity index is 702. The van der Waals surface area contributed by atoms with Gasteiger partial charge in [-0.1, -0.05) is 56.3 Å². The number of urea groups is 1. The van der Waals surface area contributed by atoms with Gasteiger partial charge in [-0.25, -0.2) is 4.79 Å². The number of hydrogen-bond donors (Lipinski definition) is 2. The highest BCUT2D eigenvalue weighted by Crippen LogP contribution is 2.23. The van der Waals surface area contributed by atoms with Crippen LogP contribution in [0, 0.1) is 5.92 Å². The van der Waals surface area contributed by atoms with Crippen LogP contribution < -0.4 is 15.4 Å². The maximum absolute atomic E-state index is 12.3. The summed E-state index contributed by atoms with van der Waals surface area (Å²) in [5, 5.41) is 6.07. The van der Waals surface area contributed by atoms with Gasteiger partial charge in [0.15, 0.2) is 0 Å². The average Bonchev–Trinajstić information content (AvgIpc) is 2.70. The highest BCUT2D eigenvalue weighted by molar-refractivity contribution is 5.74. The van der Waals surface area contributed by atoms with Crippen LogP contribution in [-0.4, -0.2) is 38.2 Å². The maximum Gasteiger partial charge on any atom is 0.315 e. The zero-order chi connectivity index (χ0) is 20.4. The third-order valence-electron chi connectivity index (χ3n) is 4.73. The normalized spacial score (nSPS) is 12.1. The molecule has 2 N–H and O–H groups in total. The molecule has 28 heavy (non-hydrogen) atoms. The third-order valence-corrected chi connectivity index (χ3v) is 4.73. The number of ether oxygens (including phenoxy) is 1. The van der Waals surface area contributed by atoms with Gasteiger partial charge in [-0.3, -0.25) is 0 Å². The molecule has 0 radical (unpaired) electrons. The Balaban J connectivity index is 1.73. The van der Waals surface area contributed by atoms with E-state index >= 15 is 0 Å². The Morgan fingerprint density at radius 3 is 2.36 bits per heavy atom. The largest absolute Gasteiger partial charge is 0.497 e. The Morgan fingerprint density at radius 2 is 1.75 bits per heavy atom. The van der Waals surface area contributed by atoms with Crippen LogP contribution in [0.3, 0.4) is 0 Å². The van der Waals surface area contributed by atoms with Crippen molar-refractivity contribution in [1.29, 1.82) is 0 Å². The first-order chi connectivity index (χ1) is 13.5. The molecule has 0 aliphatic carbocycles. The van der Waals surface area contributed by atoms with E-state index in [0.717, 1.165) is 30.8 Å². The highest BCUT2D eigenvalue weighted by atomic mass is 16.5. The first-order valence-electron chi connectivity index (χ1n) is 9.90. The van der Waals surface area contributed by atoms with Gasteiger partial charge in [0.05, 0.1) is 13.2 Å². The molecule has 0 aliphatic rings. The minimum absolute atomic E-state index is 0.0355. The van der Waals surface area contributed by atoms with Crippen LogP contribution in [0.5, 0.6) is 5.75 Å². The van der Waals surface area contributed by atoms with Gasteiger partial charge >= 0.3 is 6.03 Å². The molecule has 0 aliphatic heterocycles. The van der Waals surface area contributed by atoms with Crippen LogP contribution in [-0.2, 0) is 6.54 Å². The molecule has 0 fully saturated rings. The molecule has 0 saturated heterocycles. The number of carbonyl (C=O) groups is 1. The van der Waals surface area contributed by atoms with E-state index in [9.17, 15) is 4.79 Å². The SMILES string of the molecule is COc1ccc(C(NC(=O)NCCCN(C)Cc2ccccc2)C(C)C)cc1. The first-order valence-corrected chi connectivity index (χ1v) is 9.90. The van der Waals surface area contributed by atoms with Gasteiger partial charge in [0, 0.05) is 13.1 Å². The predicted octanol–water partition coefficient (Wildman–Crippen LogP) is 4.21. The van der Waals surface area contributed by atoms with Gasteiger partial charge < -0.3 is 20.3 Å². The van der Waals surface area contributed by atoms with Crippen LogP contribution >= 0.6 is 0 Å². The summed E-state index contributed by atoms with van der Waals surface area (Å²) in [6, 6.07) is 18.1. The van der Waals surface area contributed by atoms with Crippen molar-refractivity contribution in [3.8, 4) is 5.75 Å². The molecule has 2 rings (SSSR count). The Kier molecular flexibility index (Phi) is 8.82. The molecule has 1 atom stereocenters. The number of benzene rings is 2. The second-order valence-electron chi connectivity index (χ2n) is 7.47. The van der Waals surface area contributed by atoms with Crippen molar-refractivity contribution < 1.29 is 9.53 Å². The minimum atomic E-state index is -0.125. The van der Waals surface area contributed by atoms with E-state index in [2.05, 4.69) is 60.7 Å². The molecular weight excluding hydrogens is 350 g/mol. The summed E-state index contributed by atoms with van der Waals surface area (Å²) in [5.41, 5.74) is 2.38. The summed E-state index contributed by atoms with van der Waals surface area (Å²) < 4.78 is 5.21. The lowest BCUT2D eigenvalue weighted by molar-refractivity contribution is 0.232. The van der Waals surface area contributed by atoms with E-state index in [1.54, 1.807) is 7.11 Å². The fourth-order valence-corrected chi connectivity index (χ4v) is 3.16. The van der Waals surface area contributed by atoms with E-state index in [1.165, 1.54) is 5.56 Å². The van der Waals surface area contributed by atoms with Crippen LogP contribution in [0.25, 0.3) is 0 Å². The fraction of sp³-hybridized carbons (Fsp3) is 0.435. The van der Waals surface area contributed by atoms with Gasteiger partial charge in [-0.15, -0.1) is 0 Å². The summed E-state index contributed by atoms with van der Waals surface area (Å²) in [6.07, 6.45) is 0.908. The number of methoxy groups -OCH3 is 1. The summed E-state index contributed by atoms with van der Waals surface area (Å²) in [6.45, 7) is 6.71. The number of carbonyl (C=O) groups excluding carboxylic acids is 1. The second-order valence-corrected chi connectivity index (χ2v) is 7.47. The maximum atomic E-state index is 12.3. The van der Waals surface area contributed by atoms with E-state index in [0.29, 0.717) is 6.54 Å². The monoisotopic (exact) mass is 383 g/mol. The molecule has 5 heteroatoms. The zero-order valence-electron chi connectivity index (χ0n) is 17.4. The summed E-state index contributed by atoms with van der Waals surface area (Å²) in [4.78, 5) is 14.6. The number of nitrogens with one attached hydrogen (secondary N) is 2. The van der Waals surface area contributed by atoms with Gasteiger partial charge in [0.1, 0.15) is 5.75 Å². The Labute approximate surface area is 169 Å². The number of nitrogens with zero attached hydrogens (tertiary/aromatic N) is 1. The molecule has 2 aromatic rings. The number of amides is 2. The molecule has 1 unspecified atom stereocenters. The fourth-order valence-electron chi connectivity index (χ4n) is 3.16. The quantitative estimate of drug-likeness (QED) is 0.604. The van der Waals surface area contributed by atoms with Crippen LogP contribution in [0.4, 0.5) is 4.79 Å². The highest BCUT2D eigenvalue weighted by Gasteiger charge is 2.18. The topological polar surface area (TPSA) is 53.6 Å². The summed E-state index contributed by atoms with van der Waals surface area (Å²) in [7, 11) is 3.75. The minimum Gasteiger partial charge on any atom is -0.497 e. The lowest BCUT2D eigenvalue weighted by Gasteiger charge is -2.23. The molecule has 0 heterocycles. The standard InChI is InChI=1S/C23H33N3O2/c1-18(2)22(20-11-13-21(28-4)14-12-20)25-23(27)24-15-8-16-26(3)17-19-9-6-5-7-10-19/h5-7,9-14,18,22H,8,15-17H2,1-4H3,(H2,24,25,27). The van der Waals surface area contributed by atoms with E-state index in [1.807, 2.05) is 30.3 Å². The predicted molar refractivity (Wildman–Crippen MR) is 115 cm³/mol. The molecular formula is C23H33N3O2. The van der Waals surface area contributed by atoms with Crippen molar-refractivity contribution in [2.75, 3.05) is 27.2 Å². The molecule has 2 aromatic carbocycles. The molecule has 0 bridgehead atoms. The summed E-state index contributed by atoms with van der Waals surface area (Å²) in [5.74, 6) is 1.10. The van der Waals surface area contributed by atoms with Crippen molar-refractivity contribution in [2.24, 2.45) is 5.92 Å². The molecule has 5 nitrogen and oxygen atoms in total. The van der Waals surface area contributed by atoms with E-state index in [4.69, 9.17) is 4.74 Å². The van der Waals surface area contributed by atoms with Gasteiger partial charge in [-0.2, -0.15) is 0 Å². The lowest BCUT2D eigenvalue weighted by atomic mass is 9.96. The smallest absolute Gasteiger partial charge is 0.315 e. The molecule has 152 valence electrons. The Hall–Kier alpha value is -2.53. The van der Waals surface area contributed by atoms with Crippen LogP contribution in [0.1, 0.15) is 37.4 Å². The second kappa shape index (κ2) is 11.3. The molecule has 2 amide bonds. The molecule has 0 saturated carbocycles. The van der Waals surface area contributed by atoms with Crippen molar-refractivity contribution >= 4 is 6.03 Å². The number of hydrogen-bond acceptors (Lipinski definition) is 3. The van der Waals surface area contributed by atoms with Crippen LogP contribution in [0.15, 0.2) is 54.6 Å². The third kappa shape index (κ3) is 7.24. The van der Waals surface area contributed by atoms with Gasteiger partial charge in [-0.05, 0) is 49.2 Å². The van der Waals surface area contributed by atoms with E-state index in [-0.39, 0.29) is 18.0 Å². The Morgan fingerprint density at radius 1 is 1.07 bits per heavy atom. The van der Waals surface area contributed by atoms with Crippen molar-refractivity contribution in [3.05, 3.63) is 65.7 Å². The van der Waals surface area contributed by atoms with Crippen molar-refractivity contribution in [2.45, 2.75) is 32.9 Å². The van der Waals surface area contributed by atoms with Crippen molar-refractivity contribution in [1.82, 2.24) is 15.5 Å². The van der Waals surface area contributed by atoms with Gasteiger partial charge in [0.25, 0.3) is 0 Å². The first kappa shape index (κ1) is 21.8. The number of rotatable bonds is 10. The average molecular weight is 384 g/mol. The lowest BCUT2D eigenvalue weighted by Crippen LogP contribution is -2.40. The van der Waals surface area contributed by atoms with E-state index < -0.39 is 0 Å². The van der Waals surface area contributed by atoms with Crippen molar-refractivity contribution in [3.63, 3.8) is 0 Å². The van der Waals surface area contributed by atoms with Crippen LogP contribution in [0.2, 0.25) is 0 Å². The summed E-state index contributed by atoms with van der Waals surface area (Å²) >= 11 is 0. The molecule has 0 aromatic heterocycles. The van der Waals surface area contributed by atoms with Gasteiger partial charge in [0.2, 0.25) is 0 Å².